The Morgan fingerprint density at radius 1 is 0.250 bits per heavy atom. The number of hydrogen-bond acceptors (Lipinski definition) is 2. The van der Waals surface area contributed by atoms with E-state index >= 15 is 0 Å². The van der Waals surface area contributed by atoms with Crippen molar-refractivity contribution in [2.45, 2.75) is 0 Å². The Hall–Kier alpha value is -8.98. The molecule has 318 valence electrons. The van der Waals surface area contributed by atoms with Crippen molar-refractivity contribution in [3.05, 3.63) is 261 Å². The van der Waals surface area contributed by atoms with E-state index in [-0.39, 0.29) is 0 Å². The average molecular weight is 866 g/mol. The number of furan rings is 1. The van der Waals surface area contributed by atoms with Crippen LogP contribution in [0.25, 0.3) is 110 Å². The van der Waals surface area contributed by atoms with E-state index in [1.807, 2.05) is 6.07 Å². The molecule has 1 heterocycles. The zero-order valence-electron chi connectivity index (χ0n) is 37.2. The summed E-state index contributed by atoms with van der Waals surface area (Å²) in [6.45, 7) is 0. The lowest BCUT2D eigenvalue weighted by molar-refractivity contribution is 0.669. The highest BCUT2D eigenvalue weighted by molar-refractivity contribution is 6.22. The predicted octanol–water partition coefficient (Wildman–Crippen LogP) is 18.9. The molecule has 0 bridgehead atoms. The summed E-state index contributed by atoms with van der Waals surface area (Å²) in [5, 5.41) is 9.69. The molecule has 0 spiro atoms. The molecule has 13 rings (SSSR count). The monoisotopic (exact) mass is 865 g/mol. The fourth-order valence-corrected chi connectivity index (χ4v) is 10.3. The Morgan fingerprint density at radius 3 is 1.37 bits per heavy atom. The molecule has 68 heavy (non-hydrogen) atoms. The SMILES string of the molecule is c1ccc(-c2c(-c3ccccc3)c3cc(-c4ccc(N(c5ccc(-c6ccc(-c7ccc8ccccc8c7)cc6)cc5)c5cccc6c5oc5ccccc56)cc4)ccc3c3ccccc23)cc1. The van der Waals surface area contributed by atoms with E-state index < -0.39 is 0 Å². The van der Waals surface area contributed by atoms with Gasteiger partial charge >= 0.3 is 0 Å². The fraction of sp³-hybridized carbons (Fsp3) is 0. The highest BCUT2D eigenvalue weighted by atomic mass is 16.3. The maximum Gasteiger partial charge on any atom is 0.159 e. The van der Waals surface area contributed by atoms with Crippen molar-refractivity contribution < 1.29 is 4.42 Å². The first-order valence-corrected chi connectivity index (χ1v) is 23.3. The van der Waals surface area contributed by atoms with E-state index in [1.54, 1.807) is 0 Å². The second-order valence-electron chi connectivity index (χ2n) is 17.6. The molecule has 0 saturated carbocycles. The van der Waals surface area contributed by atoms with Gasteiger partial charge in [-0.1, -0.05) is 212 Å². The van der Waals surface area contributed by atoms with Crippen LogP contribution in [0.3, 0.4) is 0 Å². The van der Waals surface area contributed by atoms with Crippen molar-refractivity contribution >= 4 is 71.3 Å². The van der Waals surface area contributed by atoms with E-state index in [4.69, 9.17) is 4.42 Å². The maximum atomic E-state index is 6.68. The first-order chi connectivity index (χ1) is 33.7. The van der Waals surface area contributed by atoms with Gasteiger partial charge in [0.1, 0.15) is 5.58 Å². The summed E-state index contributed by atoms with van der Waals surface area (Å²) in [7, 11) is 0. The van der Waals surface area contributed by atoms with Crippen molar-refractivity contribution in [3.63, 3.8) is 0 Å². The van der Waals surface area contributed by atoms with Gasteiger partial charge in [-0.25, -0.2) is 0 Å². The van der Waals surface area contributed by atoms with E-state index in [1.165, 1.54) is 71.3 Å². The fourth-order valence-electron chi connectivity index (χ4n) is 10.3. The van der Waals surface area contributed by atoms with Crippen LogP contribution < -0.4 is 4.90 Å². The Balaban J connectivity index is 0.909. The lowest BCUT2D eigenvalue weighted by atomic mass is 9.84. The molecule has 0 atom stereocenters. The summed E-state index contributed by atoms with van der Waals surface area (Å²) in [6, 6.07) is 94.4. The van der Waals surface area contributed by atoms with Crippen LogP contribution in [0.2, 0.25) is 0 Å². The largest absolute Gasteiger partial charge is 0.454 e. The number of fused-ring (bicyclic) bond motifs is 7. The molecule has 0 radical (unpaired) electrons. The van der Waals surface area contributed by atoms with Gasteiger partial charge in [0, 0.05) is 22.1 Å². The van der Waals surface area contributed by atoms with E-state index in [9.17, 15) is 0 Å². The highest BCUT2D eigenvalue weighted by Gasteiger charge is 2.21. The van der Waals surface area contributed by atoms with Crippen LogP contribution in [0.1, 0.15) is 0 Å². The zero-order valence-corrected chi connectivity index (χ0v) is 37.2. The smallest absolute Gasteiger partial charge is 0.159 e. The Kier molecular flexibility index (Phi) is 9.54. The minimum Gasteiger partial charge on any atom is -0.454 e. The molecule has 0 N–H and O–H groups in total. The van der Waals surface area contributed by atoms with E-state index in [2.05, 4.69) is 260 Å². The molecule has 0 amide bonds. The van der Waals surface area contributed by atoms with Gasteiger partial charge in [0.05, 0.1) is 5.69 Å². The van der Waals surface area contributed by atoms with Gasteiger partial charge in [0.25, 0.3) is 0 Å². The van der Waals surface area contributed by atoms with Crippen molar-refractivity contribution in [2.24, 2.45) is 0 Å². The molecule has 0 aliphatic heterocycles. The number of nitrogens with zero attached hydrogens (tertiary/aromatic N) is 1. The maximum absolute atomic E-state index is 6.68. The molecule has 0 saturated heterocycles. The van der Waals surface area contributed by atoms with Crippen LogP contribution in [0.4, 0.5) is 17.1 Å². The van der Waals surface area contributed by atoms with Crippen LogP contribution in [-0.4, -0.2) is 0 Å². The molecule has 1 aromatic heterocycles. The van der Waals surface area contributed by atoms with Crippen LogP contribution >= 0.6 is 0 Å². The molecule has 0 unspecified atom stereocenters. The molecule has 12 aromatic carbocycles. The van der Waals surface area contributed by atoms with Gasteiger partial charge in [-0.3, -0.25) is 0 Å². The first kappa shape index (κ1) is 39.4. The Morgan fingerprint density at radius 2 is 0.706 bits per heavy atom. The molecular weight excluding hydrogens is 823 g/mol. The topological polar surface area (TPSA) is 16.4 Å². The number of anilines is 3. The van der Waals surface area contributed by atoms with Gasteiger partial charge in [-0.05, 0) is 136 Å². The molecule has 0 aliphatic carbocycles. The summed E-state index contributed by atoms with van der Waals surface area (Å²) in [5.41, 5.74) is 16.8. The summed E-state index contributed by atoms with van der Waals surface area (Å²) in [6.07, 6.45) is 0. The molecule has 0 aliphatic rings. The second-order valence-corrected chi connectivity index (χ2v) is 17.6. The zero-order chi connectivity index (χ0) is 45.0. The van der Waals surface area contributed by atoms with Crippen LogP contribution in [-0.2, 0) is 0 Å². The first-order valence-electron chi connectivity index (χ1n) is 23.3. The van der Waals surface area contributed by atoms with Crippen LogP contribution in [0.5, 0.6) is 0 Å². The summed E-state index contributed by atoms with van der Waals surface area (Å²) in [4.78, 5) is 2.33. The average Bonchev–Trinajstić information content (AvgIpc) is 3.81. The van der Waals surface area contributed by atoms with E-state index in [0.717, 1.165) is 55.7 Å². The molecule has 2 heteroatoms. The molecular formula is C66H43NO. The van der Waals surface area contributed by atoms with Crippen LogP contribution in [0.15, 0.2) is 265 Å². The van der Waals surface area contributed by atoms with Crippen molar-refractivity contribution in [1.29, 1.82) is 0 Å². The van der Waals surface area contributed by atoms with Crippen molar-refractivity contribution in [2.75, 3.05) is 4.90 Å². The molecule has 0 fully saturated rings. The lowest BCUT2D eigenvalue weighted by Gasteiger charge is -2.26. The van der Waals surface area contributed by atoms with Gasteiger partial charge in [0.2, 0.25) is 0 Å². The predicted molar refractivity (Wildman–Crippen MR) is 288 cm³/mol. The van der Waals surface area contributed by atoms with Crippen LogP contribution in [0, 0.1) is 0 Å². The molecule has 2 nitrogen and oxygen atoms in total. The third-order valence-corrected chi connectivity index (χ3v) is 13.7. The standard InChI is InChI=1S/C66H43NO/c1-3-15-49(16-4-1)64-59-22-10-9-20-56(59)57-41-36-53(43-61(57)65(64)50-17-5-2-6-18-50)48-34-39-55(40-35-48)67(62-24-13-23-60-58-21-11-12-25-63(58)68-66(60)62)54-37-32-46(33-38-54)45-26-28-47(29-27-45)52-31-30-44-14-7-8-19-51(44)42-52/h1-43H. The highest BCUT2D eigenvalue weighted by Crippen LogP contribution is 2.47. The Bertz CT molecular complexity index is 3980. The van der Waals surface area contributed by atoms with Gasteiger partial charge in [0.15, 0.2) is 5.58 Å². The Labute approximate surface area is 395 Å². The third-order valence-electron chi connectivity index (χ3n) is 13.7. The number of rotatable bonds is 8. The van der Waals surface area contributed by atoms with E-state index in [0.29, 0.717) is 0 Å². The molecule has 13 aromatic rings. The van der Waals surface area contributed by atoms with Gasteiger partial charge in [-0.2, -0.15) is 0 Å². The normalized spacial score (nSPS) is 11.5. The third kappa shape index (κ3) is 6.82. The van der Waals surface area contributed by atoms with Crippen molar-refractivity contribution in [1.82, 2.24) is 0 Å². The minimum atomic E-state index is 0.857. The number of para-hydroxylation sites is 2. The lowest BCUT2D eigenvalue weighted by Crippen LogP contribution is -2.10. The minimum absolute atomic E-state index is 0.857. The number of hydrogen-bond donors (Lipinski definition) is 0. The summed E-state index contributed by atoms with van der Waals surface area (Å²) >= 11 is 0. The number of benzene rings is 12. The summed E-state index contributed by atoms with van der Waals surface area (Å²) < 4.78 is 6.68. The second kappa shape index (κ2) is 16.5. The van der Waals surface area contributed by atoms with Gasteiger partial charge < -0.3 is 9.32 Å². The van der Waals surface area contributed by atoms with Crippen molar-refractivity contribution in [3.8, 4) is 55.6 Å². The quantitative estimate of drug-likeness (QED) is 0.142. The van der Waals surface area contributed by atoms with Gasteiger partial charge in [-0.15, -0.1) is 0 Å². The summed E-state index contributed by atoms with van der Waals surface area (Å²) in [5.74, 6) is 0.